The van der Waals surface area contributed by atoms with Gasteiger partial charge in [-0.2, -0.15) is 5.26 Å². The molecule has 0 bridgehead atoms. The molecule has 3 nitrogen and oxygen atoms in total. The molecule has 0 aromatic heterocycles. The molecule has 1 rings (SSSR count). The van der Waals surface area contributed by atoms with E-state index in [1.165, 1.54) is 0 Å². The normalized spacial score (nSPS) is 25.1. The highest BCUT2D eigenvalue weighted by Gasteiger charge is 2.38. The minimum atomic E-state index is -0.726. The molecule has 0 aromatic rings. The largest absolute Gasteiger partial charge is 0.388 e. The Labute approximate surface area is 80.0 Å². The Morgan fingerprint density at radius 2 is 2.08 bits per heavy atom. The molecule has 0 radical (unpaired) electrons. The van der Waals surface area contributed by atoms with E-state index in [9.17, 15) is 5.11 Å². The van der Waals surface area contributed by atoms with Crippen LogP contribution in [0.25, 0.3) is 0 Å². The lowest BCUT2D eigenvalue weighted by Crippen LogP contribution is -2.47. The maximum Gasteiger partial charge on any atom is 0.0829 e. The van der Waals surface area contributed by atoms with Gasteiger partial charge in [-0.25, -0.2) is 0 Å². The van der Waals surface area contributed by atoms with Crippen LogP contribution in [0.3, 0.4) is 0 Å². The van der Waals surface area contributed by atoms with Gasteiger partial charge in [-0.1, -0.05) is 6.92 Å². The first-order valence-electron chi connectivity index (χ1n) is 4.93. The van der Waals surface area contributed by atoms with Crippen molar-refractivity contribution >= 4 is 0 Å². The summed E-state index contributed by atoms with van der Waals surface area (Å²) >= 11 is 0. The van der Waals surface area contributed by atoms with Gasteiger partial charge < -0.3 is 10.0 Å². The summed E-state index contributed by atoms with van der Waals surface area (Å²) in [5.74, 6) is -0.193. The maximum absolute atomic E-state index is 10.2. The Morgan fingerprint density at radius 1 is 1.54 bits per heavy atom. The van der Waals surface area contributed by atoms with Crippen molar-refractivity contribution in [2.75, 3.05) is 20.1 Å². The van der Waals surface area contributed by atoms with E-state index in [0.717, 1.165) is 32.4 Å². The maximum atomic E-state index is 10.2. The van der Waals surface area contributed by atoms with Crippen LogP contribution in [0.1, 0.15) is 26.2 Å². The molecular formula is C10H18N2O. The first-order chi connectivity index (χ1) is 6.12. The second kappa shape index (κ2) is 4.08. The molecular weight excluding hydrogens is 164 g/mol. The van der Waals surface area contributed by atoms with E-state index in [1.807, 2.05) is 14.0 Å². The Morgan fingerprint density at radius 3 is 2.46 bits per heavy atom. The summed E-state index contributed by atoms with van der Waals surface area (Å²) < 4.78 is 0. The van der Waals surface area contributed by atoms with Crippen LogP contribution in [-0.4, -0.2) is 35.7 Å². The minimum Gasteiger partial charge on any atom is -0.388 e. The Bertz CT molecular complexity index is 201. The van der Waals surface area contributed by atoms with Crippen molar-refractivity contribution in [3.05, 3.63) is 0 Å². The molecule has 1 fully saturated rings. The van der Waals surface area contributed by atoms with Crippen LogP contribution in [0.15, 0.2) is 0 Å². The number of hydrogen-bond donors (Lipinski definition) is 1. The third-order valence-electron chi connectivity index (χ3n) is 3.07. The van der Waals surface area contributed by atoms with Gasteiger partial charge in [0.25, 0.3) is 0 Å². The molecule has 0 saturated carbocycles. The molecule has 3 heteroatoms. The van der Waals surface area contributed by atoms with Crippen molar-refractivity contribution in [1.29, 1.82) is 5.26 Å². The third-order valence-corrected chi connectivity index (χ3v) is 3.07. The fourth-order valence-corrected chi connectivity index (χ4v) is 1.95. The molecule has 1 aliphatic rings. The zero-order valence-electron chi connectivity index (χ0n) is 8.45. The van der Waals surface area contributed by atoms with Gasteiger partial charge in [0.15, 0.2) is 0 Å². The van der Waals surface area contributed by atoms with Crippen LogP contribution in [0, 0.1) is 17.2 Å². The van der Waals surface area contributed by atoms with Gasteiger partial charge in [0.05, 0.1) is 17.6 Å². The fraction of sp³-hybridized carbons (Fsp3) is 0.900. The number of nitrogens with zero attached hydrogens (tertiary/aromatic N) is 2. The molecule has 0 aromatic carbocycles. The van der Waals surface area contributed by atoms with Gasteiger partial charge in [0.1, 0.15) is 0 Å². The van der Waals surface area contributed by atoms with E-state index < -0.39 is 5.60 Å². The first-order valence-corrected chi connectivity index (χ1v) is 4.93. The van der Waals surface area contributed by atoms with Crippen LogP contribution in [0.2, 0.25) is 0 Å². The summed E-state index contributed by atoms with van der Waals surface area (Å²) in [5.41, 5.74) is -0.726. The van der Waals surface area contributed by atoms with Crippen molar-refractivity contribution in [2.45, 2.75) is 31.8 Å². The van der Waals surface area contributed by atoms with Gasteiger partial charge in [-0.3, -0.25) is 0 Å². The van der Waals surface area contributed by atoms with Gasteiger partial charge in [-0.15, -0.1) is 0 Å². The lowest BCUT2D eigenvalue weighted by atomic mass is 9.79. The van der Waals surface area contributed by atoms with E-state index in [2.05, 4.69) is 11.0 Å². The topological polar surface area (TPSA) is 47.3 Å². The molecule has 74 valence electrons. The zero-order valence-corrected chi connectivity index (χ0v) is 8.45. The van der Waals surface area contributed by atoms with Gasteiger partial charge in [0.2, 0.25) is 0 Å². The molecule has 13 heavy (non-hydrogen) atoms. The average Bonchev–Trinajstić information content (AvgIpc) is 2.13. The van der Waals surface area contributed by atoms with Crippen LogP contribution < -0.4 is 0 Å². The molecule has 0 spiro atoms. The molecule has 1 aliphatic heterocycles. The van der Waals surface area contributed by atoms with Crippen LogP contribution >= 0.6 is 0 Å². The van der Waals surface area contributed by atoms with Crippen LogP contribution in [-0.2, 0) is 0 Å². The molecule has 1 unspecified atom stereocenters. The summed E-state index contributed by atoms with van der Waals surface area (Å²) in [6.07, 6.45) is 2.21. The zero-order chi connectivity index (χ0) is 9.90. The van der Waals surface area contributed by atoms with Crippen LogP contribution in [0.4, 0.5) is 0 Å². The van der Waals surface area contributed by atoms with Gasteiger partial charge in [-0.05, 0) is 26.3 Å². The second-order valence-electron chi connectivity index (χ2n) is 4.00. The fourth-order valence-electron chi connectivity index (χ4n) is 1.95. The van der Waals surface area contributed by atoms with Crippen molar-refractivity contribution in [3.8, 4) is 6.07 Å². The van der Waals surface area contributed by atoms with Crippen LogP contribution in [0.5, 0.6) is 0 Å². The average molecular weight is 182 g/mol. The van der Waals surface area contributed by atoms with E-state index in [0.29, 0.717) is 0 Å². The first kappa shape index (κ1) is 10.5. The predicted molar refractivity (Wildman–Crippen MR) is 51.1 cm³/mol. The summed E-state index contributed by atoms with van der Waals surface area (Å²) in [4.78, 5) is 2.19. The van der Waals surface area contributed by atoms with E-state index in [4.69, 9.17) is 5.26 Å². The Hall–Kier alpha value is -0.590. The van der Waals surface area contributed by atoms with Gasteiger partial charge >= 0.3 is 0 Å². The quantitative estimate of drug-likeness (QED) is 0.693. The summed E-state index contributed by atoms with van der Waals surface area (Å²) in [6.45, 7) is 3.76. The number of hydrogen-bond acceptors (Lipinski definition) is 3. The highest BCUT2D eigenvalue weighted by atomic mass is 16.3. The molecule has 1 atom stereocenters. The smallest absolute Gasteiger partial charge is 0.0829 e. The lowest BCUT2D eigenvalue weighted by molar-refractivity contribution is -0.0472. The van der Waals surface area contributed by atoms with E-state index >= 15 is 0 Å². The highest BCUT2D eigenvalue weighted by Crippen LogP contribution is 2.30. The Balaban J connectivity index is 2.61. The molecule has 0 amide bonds. The highest BCUT2D eigenvalue weighted by molar-refractivity contribution is 5.00. The monoisotopic (exact) mass is 182 g/mol. The third kappa shape index (κ3) is 2.20. The number of aliphatic hydroxyl groups is 1. The number of rotatable bonds is 2. The standard InChI is InChI=1S/C10H18N2O/c1-3-9(8-11)10(13)4-6-12(2)7-5-10/h9,13H,3-7H2,1-2H3. The van der Waals surface area contributed by atoms with E-state index in [-0.39, 0.29) is 5.92 Å². The molecule has 0 aliphatic carbocycles. The number of nitriles is 1. The number of piperidine rings is 1. The van der Waals surface area contributed by atoms with Crippen molar-refractivity contribution in [2.24, 2.45) is 5.92 Å². The van der Waals surface area contributed by atoms with E-state index in [1.54, 1.807) is 0 Å². The SMILES string of the molecule is CCC(C#N)C1(O)CCN(C)CC1. The minimum absolute atomic E-state index is 0.193. The van der Waals surface area contributed by atoms with Crippen molar-refractivity contribution in [1.82, 2.24) is 4.90 Å². The van der Waals surface area contributed by atoms with Gasteiger partial charge in [0, 0.05) is 13.1 Å². The molecule has 1 saturated heterocycles. The van der Waals surface area contributed by atoms with Crippen molar-refractivity contribution in [3.63, 3.8) is 0 Å². The summed E-state index contributed by atoms with van der Waals surface area (Å²) in [7, 11) is 2.05. The second-order valence-corrected chi connectivity index (χ2v) is 4.00. The molecule has 1 heterocycles. The summed E-state index contributed by atoms with van der Waals surface area (Å²) in [5, 5.41) is 19.1. The lowest BCUT2D eigenvalue weighted by Gasteiger charge is -2.39. The summed E-state index contributed by atoms with van der Waals surface area (Å²) in [6, 6.07) is 2.21. The Kier molecular flexibility index (Phi) is 3.29. The van der Waals surface area contributed by atoms with Crippen molar-refractivity contribution < 1.29 is 5.11 Å². The predicted octanol–water partition coefficient (Wildman–Crippen LogP) is 0.993. The molecule has 1 N–H and O–H groups in total. The number of likely N-dealkylation sites (tertiary alicyclic amines) is 1.